The fourth-order valence-corrected chi connectivity index (χ4v) is 16.8. The number of aromatic nitrogens is 1. The normalized spacial score (nSPS) is 10.6. The number of rotatable bonds is 1. The van der Waals surface area contributed by atoms with Crippen LogP contribution in [0.3, 0.4) is 0 Å². The van der Waals surface area contributed by atoms with E-state index in [0.717, 1.165) is 29.0 Å². The summed E-state index contributed by atoms with van der Waals surface area (Å²) in [7, 11) is 7.00. The summed E-state index contributed by atoms with van der Waals surface area (Å²) in [5.41, 5.74) is 41.4. The van der Waals surface area contributed by atoms with Gasteiger partial charge in [0.2, 0.25) is 0 Å². The molecule has 0 atom stereocenters. The third-order valence-corrected chi connectivity index (χ3v) is 28.3. The molecule has 1 aliphatic carbocycles. The summed E-state index contributed by atoms with van der Waals surface area (Å²) in [4.78, 5) is 7.15. The summed E-state index contributed by atoms with van der Waals surface area (Å²) < 4.78 is 37.9. The summed E-state index contributed by atoms with van der Waals surface area (Å²) in [6.45, 7) is 69.1. The van der Waals surface area contributed by atoms with Crippen molar-refractivity contribution in [3.8, 4) is 11.1 Å². The Morgan fingerprint density at radius 1 is 0.361 bits per heavy atom. The van der Waals surface area contributed by atoms with Crippen LogP contribution in [0.4, 0.5) is 4.72 Å². The minimum atomic E-state index is 0. The molecule has 0 N–H and O–H groups in total. The minimum absolute atomic E-state index is 0. The molecule has 693 valence electrons. The van der Waals surface area contributed by atoms with Crippen LogP contribution in [0.25, 0.3) is 75.4 Å². The zero-order chi connectivity index (χ0) is 100.0. The van der Waals surface area contributed by atoms with Gasteiger partial charge < -0.3 is 8.83 Å². The van der Waals surface area contributed by atoms with E-state index < -0.39 is 0 Å². The van der Waals surface area contributed by atoms with E-state index in [4.69, 9.17) is 19.6 Å². The van der Waals surface area contributed by atoms with Crippen molar-refractivity contribution in [2.24, 2.45) is 0 Å². The molecule has 5 aromatic heterocycles. The summed E-state index contributed by atoms with van der Waals surface area (Å²) in [5.74, 6) is 2.03. The monoisotopic (exact) mass is 1810 g/mol. The van der Waals surface area contributed by atoms with Crippen LogP contribution in [-0.2, 0) is 16.5 Å². The maximum atomic E-state index is 8.75. The predicted molar refractivity (Wildman–Crippen MR) is 592 cm³/mol. The molecule has 0 aliphatic heterocycles. The Bertz CT molecular complexity index is 6280. The maximum absolute atomic E-state index is 8.75. The molecule has 13 aromatic carbocycles. The van der Waals surface area contributed by atoms with Crippen molar-refractivity contribution in [3.63, 3.8) is 0 Å². The first-order valence-electron chi connectivity index (χ1n) is 46.5. The van der Waals surface area contributed by atoms with Gasteiger partial charge in [-0.3, -0.25) is 9.70 Å². The van der Waals surface area contributed by atoms with Crippen LogP contribution in [-0.4, -0.2) is 23.9 Å². The van der Waals surface area contributed by atoms with Crippen molar-refractivity contribution in [3.05, 3.63) is 439 Å². The van der Waals surface area contributed by atoms with Crippen molar-refractivity contribution in [2.45, 2.75) is 241 Å². The van der Waals surface area contributed by atoms with Gasteiger partial charge in [0.05, 0.1) is 11.8 Å². The standard InChI is InChI=1S/C17H18.3C12H12.C12H18.C11H11N.C10H10O.C10H10S.C9H12.C6H8O.C6H8S.C6H12.CH4.BO.BH.FH/c1-11-9-14-13-7-5-6-8-15(13)17(3,4)16(14)10-12(11)2;1-9-7-11-5-3-4-6-12(11)8-10(9)2;2*1-9-7-8-11-5-3-4-6-12(11)10(9)2;1-7-8(2)10(4)12(6)11(5)9(7)3;1-8-6-10-4-3-5-12-11(10)7-9(8)2;2*1-7-8(2)11-10-6-4-3-5-9(7)10;1-3-9-7-5-4-6-8(9)2;2*1-5-3-4-7-6(5)2;1-5(2)6(3)4;;1-2;;/h5-10H,1-4H3;3*3-8H,1-2H3;1-6H3;3-7H,1-2H3;2*3-6H,1-2H3;4-7H,3H2,1-2H3;2*3-4H,1-2H3;1-4H3;1H4;;2*1H/i;;;;;;;;;;;;;;1T;/hT. The Kier molecular flexibility index (Phi) is 44.9. The fraction of sp³-hybridized carbons (Fsp3) is 0.282. The number of pyridine rings is 1. The molecular weight excluding hydrogens is 1660 g/mol. The van der Waals surface area contributed by atoms with Gasteiger partial charge in [-0.2, -0.15) is 0 Å². The number of thiophene rings is 2. The SMILES string of the molecule is C.CC(C)=C(C)C.CCc1ccccc1C.Cc1c(C)c(C)c(C)c(C)c1C.Cc1cc2c(cc1C)C(C)(C)c1ccccc1-2.Cc1cc2ccccc2cc1C.Cc1cc2cccnc2cc1C.Cc1ccc2ccccc2c1C.Cc1ccc2ccccc2c1C.Cc1ccoc1C.Cc1ccsc1C.Cc1oc2ccccc2c1C.Cc1sc2ccccc2c1C.[3H]F.[3H][B].[B]=O. The molecule has 9 heteroatoms. The van der Waals surface area contributed by atoms with E-state index >= 15 is 0 Å². The Labute approximate surface area is 813 Å². The number of aryl methyl sites for hydroxylation is 20. The number of nitrogens with zero attached hydrogens (tertiary/aromatic N) is 1. The first-order valence-corrected chi connectivity index (χ1v) is 47.2. The molecule has 0 saturated carbocycles. The van der Waals surface area contributed by atoms with Gasteiger partial charge in [0.25, 0.3) is 1.45 Å². The summed E-state index contributed by atoms with van der Waals surface area (Å²) in [6, 6.07) is 89.8. The molecule has 18 aromatic rings. The number of allylic oxidation sites excluding steroid dienone is 2. The molecule has 133 heavy (non-hydrogen) atoms. The van der Waals surface area contributed by atoms with E-state index in [1.165, 1.54) is 219 Å². The summed E-state index contributed by atoms with van der Waals surface area (Å²) >= 11 is 3.68. The predicted octanol–water partition coefficient (Wildman–Crippen LogP) is 36.8. The van der Waals surface area contributed by atoms with Gasteiger partial charge in [-0.05, 0) is 439 Å². The van der Waals surface area contributed by atoms with Gasteiger partial charge in [-0.1, -0.05) is 252 Å². The molecule has 0 amide bonds. The first kappa shape index (κ1) is 110. The van der Waals surface area contributed by atoms with Crippen LogP contribution < -0.4 is 0 Å². The van der Waals surface area contributed by atoms with Crippen LogP contribution >= 0.6 is 22.7 Å². The summed E-state index contributed by atoms with van der Waals surface area (Å²) in [5, 5.41) is 14.1. The first-order chi connectivity index (χ1) is 63.8. The second kappa shape index (κ2) is 54.3. The Hall–Kier alpha value is -11.9. The van der Waals surface area contributed by atoms with Crippen molar-refractivity contribution < 1.29 is 18.3 Å². The molecule has 19 rings (SSSR count). The Morgan fingerprint density at radius 2 is 0.782 bits per heavy atom. The summed E-state index contributed by atoms with van der Waals surface area (Å²) in [6.07, 6.45) is 4.68. The fourth-order valence-electron chi connectivity index (χ4n) is 15.0. The second-order valence-electron chi connectivity index (χ2n) is 35.4. The van der Waals surface area contributed by atoms with Crippen LogP contribution in [0.2, 0.25) is 0 Å². The molecular formula is C124H149B2FNO3S2. The van der Waals surface area contributed by atoms with Gasteiger partial charge in [0.15, 0.2) is 0 Å². The molecule has 0 saturated heterocycles. The number of halogens is 1. The van der Waals surface area contributed by atoms with Crippen LogP contribution in [0.1, 0.15) is 211 Å². The molecule has 4 nitrogen and oxygen atoms in total. The zero-order valence-corrected chi connectivity index (χ0v) is 86.8. The van der Waals surface area contributed by atoms with E-state index in [9.17, 15) is 0 Å². The van der Waals surface area contributed by atoms with Crippen molar-refractivity contribution in [2.75, 3.05) is 0 Å². The van der Waals surface area contributed by atoms with Gasteiger partial charge in [0.1, 0.15) is 17.1 Å². The van der Waals surface area contributed by atoms with Crippen molar-refractivity contribution >= 4 is 103 Å². The average Bonchev–Trinajstić information content (AvgIpc) is 1.58. The van der Waals surface area contributed by atoms with Crippen LogP contribution in [0.5, 0.6) is 0 Å². The molecule has 0 fully saturated rings. The van der Waals surface area contributed by atoms with Gasteiger partial charge >= 0.3 is 12.4 Å². The molecule has 0 bridgehead atoms. The van der Waals surface area contributed by atoms with Crippen molar-refractivity contribution in [1.29, 1.82) is 2.79 Å². The van der Waals surface area contributed by atoms with Gasteiger partial charge in [-0.15, -0.1) is 22.7 Å². The third kappa shape index (κ3) is 31.1. The number of fused-ring (bicyclic) bond motifs is 9. The van der Waals surface area contributed by atoms with E-state index in [2.05, 4.69) is 453 Å². The molecule has 5 heterocycles. The molecule has 0 spiro atoms. The second-order valence-corrected chi connectivity index (χ2v) is 37.8. The number of hydrogen-bond donors (Lipinski definition) is 0. The Balaban J connectivity index is 0.000000308. The van der Waals surface area contributed by atoms with Gasteiger partial charge in [0, 0.05) is 45.2 Å². The van der Waals surface area contributed by atoms with Crippen molar-refractivity contribution in [1.82, 2.24) is 4.98 Å². The quantitative estimate of drug-likeness (QED) is 0.121. The number of benzene rings is 13. The average molecular weight is 1810 g/mol. The topological polar surface area (TPSA) is 56.2 Å². The van der Waals surface area contributed by atoms with Crippen LogP contribution in [0.15, 0.2) is 293 Å². The molecule has 0 unspecified atom stereocenters. The Morgan fingerprint density at radius 3 is 1.21 bits per heavy atom. The van der Waals surface area contributed by atoms with E-state index in [-0.39, 0.29) is 12.8 Å². The van der Waals surface area contributed by atoms with E-state index in [1.807, 2.05) is 68.6 Å². The number of furan rings is 2. The third-order valence-electron chi connectivity index (χ3n) is 26.1. The number of hydrogen-bond acceptors (Lipinski definition) is 6. The van der Waals surface area contributed by atoms with E-state index in [0.29, 0.717) is 0 Å². The molecule has 1 aliphatic rings. The zero-order valence-electron chi connectivity index (χ0n) is 87.2. The van der Waals surface area contributed by atoms with Gasteiger partial charge in [-0.25, -0.2) is 0 Å². The van der Waals surface area contributed by atoms with Crippen LogP contribution in [0, 0.1) is 173 Å². The molecule has 3 radical (unpaired) electrons. The number of para-hydroxylation sites is 1. The van der Waals surface area contributed by atoms with E-state index in [1.54, 1.807) is 17.6 Å².